The topological polar surface area (TPSA) is 81.1 Å². The summed E-state index contributed by atoms with van der Waals surface area (Å²) in [7, 11) is 0. The zero-order valence-corrected chi connectivity index (χ0v) is 12.6. The Morgan fingerprint density at radius 2 is 2.17 bits per heavy atom. The van der Waals surface area contributed by atoms with E-state index in [-0.39, 0.29) is 0 Å². The van der Waals surface area contributed by atoms with Crippen molar-refractivity contribution in [1.82, 2.24) is 14.9 Å². The normalized spacial score (nSPS) is 11.1. The van der Waals surface area contributed by atoms with Gasteiger partial charge in [-0.25, -0.2) is 10.1 Å². The summed E-state index contributed by atoms with van der Waals surface area (Å²) in [5, 5.41) is 11.7. The van der Waals surface area contributed by atoms with Crippen LogP contribution in [0.25, 0.3) is 0 Å². The largest absolute Gasteiger partial charge is 0.335 e. The Bertz CT molecular complexity index is 592. The maximum Gasteiger partial charge on any atom is 0.263 e. The van der Waals surface area contributed by atoms with E-state index >= 15 is 0 Å². The molecule has 0 saturated carbocycles. The molecule has 18 heavy (non-hydrogen) atoms. The van der Waals surface area contributed by atoms with Crippen LogP contribution in [-0.2, 0) is 0 Å². The molecule has 0 bridgehead atoms. The summed E-state index contributed by atoms with van der Waals surface area (Å²) < 4.78 is 3.25. The van der Waals surface area contributed by atoms with E-state index in [0.717, 1.165) is 14.5 Å². The fourth-order valence-electron chi connectivity index (χ4n) is 1.22. The lowest BCUT2D eigenvalue weighted by Crippen LogP contribution is -2.13. The number of anilines is 1. The fraction of sp³-hybridized carbons (Fsp3) is 0.100. The zero-order valence-electron chi connectivity index (χ0n) is 9.43. The van der Waals surface area contributed by atoms with Gasteiger partial charge in [-0.15, -0.1) is 10.2 Å². The number of halogens is 2. The van der Waals surface area contributed by atoms with Crippen molar-refractivity contribution in [3.63, 3.8) is 0 Å². The van der Waals surface area contributed by atoms with Gasteiger partial charge < -0.3 is 5.84 Å². The number of aromatic nitrogens is 3. The summed E-state index contributed by atoms with van der Waals surface area (Å²) in [4.78, 5) is 0. The van der Waals surface area contributed by atoms with Crippen LogP contribution in [0.2, 0.25) is 0 Å². The predicted octanol–water partition coefficient (Wildman–Crippen LogP) is 2.27. The third-order valence-corrected chi connectivity index (χ3v) is 3.41. The number of hydrogen-bond acceptors (Lipinski definition) is 5. The summed E-state index contributed by atoms with van der Waals surface area (Å²) in [6.07, 6.45) is 1.67. The summed E-state index contributed by atoms with van der Waals surface area (Å²) in [6, 6.07) is 5.81. The molecule has 1 heterocycles. The Hall–Kier alpha value is -1.41. The van der Waals surface area contributed by atoms with Gasteiger partial charge in [-0.3, -0.25) is 0 Å². The van der Waals surface area contributed by atoms with Gasteiger partial charge in [0.2, 0.25) is 0 Å². The Balaban J connectivity index is 2.12. The molecule has 1 aromatic heterocycles. The van der Waals surface area contributed by atoms with E-state index < -0.39 is 0 Å². The monoisotopic (exact) mass is 372 g/mol. The minimum absolute atomic E-state index is 0.384. The second-order valence-electron chi connectivity index (χ2n) is 3.48. The van der Waals surface area contributed by atoms with Gasteiger partial charge >= 0.3 is 0 Å². The highest BCUT2D eigenvalue weighted by atomic mass is 79.9. The number of nitrogens with one attached hydrogen (secondary N) is 1. The molecule has 0 atom stereocenters. The summed E-state index contributed by atoms with van der Waals surface area (Å²) in [6.45, 7) is 1.76. The Kier molecular flexibility index (Phi) is 3.97. The average molecular weight is 374 g/mol. The van der Waals surface area contributed by atoms with E-state index in [9.17, 15) is 0 Å². The molecule has 0 radical (unpaired) electrons. The molecule has 0 unspecified atom stereocenters. The molecule has 0 spiro atoms. The Morgan fingerprint density at radius 1 is 1.39 bits per heavy atom. The van der Waals surface area contributed by atoms with Gasteiger partial charge in [0.25, 0.3) is 5.95 Å². The summed E-state index contributed by atoms with van der Waals surface area (Å²) >= 11 is 6.84. The van der Waals surface area contributed by atoms with E-state index in [0.29, 0.717) is 11.8 Å². The number of hydrogen-bond donors (Lipinski definition) is 2. The standard InChI is InChI=1S/C10H10Br2N6/c1-6-15-17-10(18(6)13)16-14-5-7-4-8(11)2-3-9(7)12/h2-5H,13H2,1H3,(H,16,17)/b14-5-. The van der Waals surface area contributed by atoms with E-state index in [2.05, 4.69) is 52.6 Å². The minimum atomic E-state index is 0.384. The molecule has 0 saturated heterocycles. The van der Waals surface area contributed by atoms with Gasteiger partial charge in [0.1, 0.15) is 0 Å². The molecular formula is C10H10Br2N6. The number of benzene rings is 1. The van der Waals surface area contributed by atoms with Crippen LogP contribution in [0.3, 0.4) is 0 Å². The zero-order chi connectivity index (χ0) is 13.1. The number of rotatable bonds is 3. The number of nitrogen functional groups attached to an aromatic ring is 1. The van der Waals surface area contributed by atoms with Crippen molar-refractivity contribution < 1.29 is 0 Å². The van der Waals surface area contributed by atoms with E-state index in [1.165, 1.54) is 4.68 Å². The first-order chi connectivity index (χ1) is 8.58. The predicted molar refractivity (Wildman–Crippen MR) is 78.0 cm³/mol. The molecule has 0 aliphatic rings. The van der Waals surface area contributed by atoms with Crippen molar-refractivity contribution in [2.24, 2.45) is 5.10 Å². The highest BCUT2D eigenvalue weighted by Crippen LogP contribution is 2.19. The SMILES string of the molecule is Cc1nnc(N/N=C\c2cc(Br)ccc2Br)n1N. The van der Waals surface area contributed by atoms with Crippen LogP contribution >= 0.6 is 31.9 Å². The van der Waals surface area contributed by atoms with E-state index in [4.69, 9.17) is 5.84 Å². The quantitative estimate of drug-likeness (QED) is 0.491. The van der Waals surface area contributed by atoms with Crippen LogP contribution in [0.4, 0.5) is 5.95 Å². The second kappa shape index (κ2) is 5.49. The molecule has 0 amide bonds. The molecule has 8 heteroatoms. The average Bonchev–Trinajstić information content (AvgIpc) is 2.65. The highest BCUT2D eigenvalue weighted by Gasteiger charge is 2.03. The van der Waals surface area contributed by atoms with Crippen molar-refractivity contribution in [3.05, 3.63) is 38.5 Å². The summed E-state index contributed by atoms with van der Waals surface area (Å²) in [5.74, 6) is 6.67. The lowest BCUT2D eigenvalue weighted by atomic mass is 10.2. The van der Waals surface area contributed by atoms with Crippen molar-refractivity contribution in [3.8, 4) is 0 Å². The molecule has 94 valence electrons. The maximum absolute atomic E-state index is 5.67. The number of nitrogens with two attached hydrogens (primary N) is 1. The van der Waals surface area contributed by atoms with Crippen molar-refractivity contribution in [2.45, 2.75) is 6.92 Å². The van der Waals surface area contributed by atoms with Gasteiger partial charge in [0, 0.05) is 14.5 Å². The van der Waals surface area contributed by atoms with E-state index in [1.807, 2.05) is 18.2 Å². The van der Waals surface area contributed by atoms with Crippen LogP contribution in [-0.4, -0.2) is 21.1 Å². The number of hydrazone groups is 1. The molecule has 0 fully saturated rings. The molecular weight excluding hydrogens is 364 g/mol. The number of nitrogens with zero attached hydrogens (tertiary/aromatic N) is 4. The molecule has 0 aliphatic heterocycles. The smallest absolute Gasteiger partial charge is 0.263 e. The fourth-order valence-corrected chi connectivity index (χ4v) is 1.95. The Morgan fingerprint density at radius 3 is 2.83 bits per heavy atom. The van der Waals surface area contributed by atoms with Crippen LogP contribution in [0.15, 0.2) is 32.2 Å². The van der Waals surface area contributed by atoms with Gasteiger partial charge in [0.05, 0.1) is 6.21 Å². The van der Waals surface area contributed by atoms with Gasteiger partial charge in [-0.2, -0.15) is 5.10 Å². The van der Waals surface area contributed by atoms with E-state index in [1.54, 1.807) is 13.1 Å². The molecule has 6 nitrogen and oxygen atoms in total. The van der Waals surface area contributed by atoms with Gasteiger partial charge in [0.15, 0.2) is 5.82 Å². The van der Waals surface area contributed by atoms with Crippen molar-refractivity contribution in [2.75, 3.05) is 11.3 Å². The first kappa shape index (κ1) is 13.0. The number of aryl methyl sites for hydroxylation is 1. The van der Waals surface area contributed by atoms with Crippen LogP contribution in [0, 0.1) is 6.92 Å². The first-order valence-electron chi connectivity index (χ1n) is 4.99. The van der Waals surface area contributed by atoms with Crippen LogP contribution < -0.4 is 11.3 Å². The highest BCUT2D eigenvalue weighted by molar-refractivity contribution is 9.11. The molecule has 0 aliphatic carbocycles. The molecule has 3 N–H and O–H groups in total. The lowest BCUT2D eigenvalue weighted by molar-refractivity contribution is 0.926. The maximum atomic E-state index is 5.67. The second-order valence-corrected chi connectivity index (χ2v) is 5.25. The minimum Gasteiger partial charge on any atom is -0.335 e. The molecule has 2 aromatic rings. The van der Waals surface area contributed by atoms with Crippen molar-refractivity contribution in [1.29, 1.82) is 0 Å². The first-order valence-corrected chi connectivity index (χ1v) is 6.58. The lowest BCUT2D eigenvalue weighted by Gasteiger charge is -2.01. The Labute approximate surface area is 121 Å². The van der Waals surface area contributed by atoms with Crippen molar-refractivity contribution >= 4 is 44.0 Å². The molecule has 1 aromatic carbocycles. The third-order valence-electron chi connectivity index (χ3n) is 2.19. The molecule has 2 rings (SSSR count). The van der Waals surface area contributed by atoms with Crippen LogP contribution in [0.5, 0.6) is 0 Å². The third kappa shape index (κ3) is 2.88. The van der Waals surface area contributed by atoms with Gasteiger partial charge in [-0.1, -0.05) is 31.9 Å². The van der Waals surface area contributed by atoms with Crippen LogP contribution in [0.1, 0.15) is 11.4 Å². The summed E-state index contributed by atoms with van der Waals surface area (Å²) in [5.41, 5.74) is 3.65. The van der Waals surface area contributed by atoms with Gasteiger partial charge in [-0.05, 0) is 25.1 Å².